The predicted molar refractivity (Wildman–Crippen MR) is 29.4 cm³/mol. The lowest BCUT2D eigenvalue weighted by molar-refractivity contribution is 0.294. The molecule has 1 N–H and O–H groups in total. The van der Waals surface area contributed by atoms with Gasteiger partial charge in [0.25, 0.3) is 0 Å². The van der Waals surface area contributed by atoms with Crippen LogP contribution in [0.1, 0.15) is 13.8 Å². The van der Waals surface area contributed by atoms with E-state index in [1.54, 1.807) is 0 Å². The normalized spacial score (nSPS) is 11.1. The fourth-order valence-corrected chi connectivity index (χ4v) is 0.364. The molecule has 0 rings (SSSR count). The molecule has 0 unspecified atom stereocenters. The average molecular weight is 103 g/mol. The lowest BCUT2D eigenvalue weighted by atomic mass is 10.4. The minimum atomic E-state index is 0.238. The second-order valence-corrected chi connectivity index (χ2v) is 1.78. The third-order valence-electron chi connectivity index (χ3n) is 0.440. The molecule has 0 aliphatic heterocycles. The van der Waals surface area contributed by atoms with Gasteiger partial charge in [0.15, 0.2) is 0 Å². The van der Waals surface area contributed by atoms with Crippen LogP contribution in [0.5, 0.6) is 0 Å². The van der Waals surface area contributed by atoms with E-state index in [0.29, 0.717) is 5.17 Å². The van der Waals surface area contributed by atoms with Crippen molar-refractivity contribution in [3.8, 4) is 0 Å². The first-order chi connectivity index (χ1) is 3.13. The first-order valence-corrected chi connectivity index (χ1v) is 2.30. The van der Waals surface area contributed by atoms with Crippen molar-refractivity contribution in [1.82, 2.24) is 10.6 Å². The van der Waals surface area contributed by atoms with E-state index in [-0.39, 0.29) is 6.04 Å². The number of nitrogens with zero attached hydrogens (tertiary/aromatic N) is 1. The van der Waals surface area contributed by atoms with E-state index in [1.165, 1.54) is 7.05 Å². The van der Waals surface area contributed by atoms with Crippen LogP contribution in [0.25, 0.3) is 0 Å². The maximum atomic E-state index is 10.1. The summed E-state index contributed by atoms with van der Waals surface area (Å²) in [5, 5.41) is 10.8. The molecule has 0 heterocycles. The van der Waals surface area contributed by atoms with Crippen LogP contribution < -0.4 is 5.43 Å². The molecule has 0 aromatic carbocycles. The van der Waals surface area contributed by atoms with Crippen LogP contribution in [0.15, 0.2) is 0 Å². The number of hydroxylamine groups is 1. The Hall–Kier alpha value is -0.120. The van der Waals surface area contributed by atoms with Gasteiger partial charge in [0.2, 0.25) is 0 Å². The zero-order valence-electron chi connectivity index (χ0n) is 4.93. The van der Waals surface area contributed by atoms with E-state index in [4.69, 9.17) is 0 Å². The van der Waals surface area contributed by atoms with Gasteiger partial charge in [0, 0.05) is 6.04 Å². The van der Waals surface area contributed by atoms with Gasteiger partial charge in [-0.3, -0.25) is 5.43 Å². The highest BCUT2D eigenvalue weighted by Gasteiger charge is 1.84. The second kappa shape index (κ2) is 2.96. The molecule has 0 saturated heterocycles. The zero-order chi connectivity index (χ0) is 5.86. The summed E-state index contributed by atoms with van der Waals surface area (Å²) in [7, 11) is 1.43. The van der Waals surface area contributed by atoms with Crippen molar-refractivity contribution in [3.05, 3.63) is 5.21 Å². The molecule has 44 valence electrons. The highest BCUT2D eigenvalue weighted by atomic mass is 16.5. The fourth-order valence-electron chi connectivity index (χ4n) is 0.364. The molecule has 0 spiro atoms. The number of hydrogen-bond donors (Lipinski definition) is 1. The first-order valence-electron chi connectivity index (χ1n) is 2.30. The Balaban J connectivity index is 2.95. The highest BCUT2D eigenvalue weighted by molar-refractivity contribution is 4.47. The molecule has 3 heteroatoms. The Morgan fingerprint density at radius 1 is 1.57 bits per heavy atom. The molecular formula is C4H11N2O-. The lowest BCUT2D eigenvalue weighted by Gasteiger charge is -2.25. The first kappa shape index (κ1) is 6.88. The molecule has 3 nitrogen and oxygen atoms in total. The zero-order valence-corrected chi connectivity index (χ0v) is 4.93. The summed E-state index contributed by atoms with van der Waals surface area (Å²) in [6, 6.07) is 0.238. The molecule has 0 bridgehead atoms. The minimum absolute atomic E-state index is 0.238. The SMILES string of the molecule is CC(C)NN(C)[O-]. The van der Waals surface area contributed by atoms with E-state index in [0.717, 1.165) is 0 Å². The van der Waals surface area contributed by atoms with Gasteiger partial charge in [-0.05, 0) is 20.9 Å². The molecule has 0 aliphatic carbocycles. The van der Waals surface area contributed by atoms with Crippen LogP contribution in [-0.4, -0.2) is 18.3 Å². The topological polar surface area (TPSA) is 38.3 Å². The van der Waals surface area contributed by atoms with Crippen molar-refractivity contribution in [3.63, 3.8) is 0 Å². The van der Waals surface area contributed by atoms with Crippen molar-refractivity contribution in [2.24, 2.45) is 0 Å². The Morgan fingerprint density at radius 2 is 2.00 bits per heavy atom. The maximum Gasteiger partial charge on any atom is 0.0148 e. The highest BCUT2D eigenvalue weighted by Crippen LogP contribution is 1.75. The van der Waals surface area contributed by atoms with Crippen LogP contribution in [-0.2, 0) is 0 Å². The summed E-state index contributed by atoms with van der Waals surface area (Å²) >= 11 is 0. The maximum absolute atomic E-state index is 10.1. The molecule has 7 heavy (non-hydrogen) atoms. The van der Waals surface area contributed by atoms with Gasteiger partial charge in [-0.1, -0.05) is 0 Å². The predicted octanol–water partition coefficient (Wildman–Crippen LogP) is 0.329. The number of nitrogens with one attached hydrogen (secondary N) is 1. The van der Waals surface area contributed by atoms with Crippen LogP contribution in [0.3, 0.4) is 0 Å². The van der Waals surface area contributed by atoms with E-state index in [1.807, 2.05) is 13.8 Å². The van der Waals surface area contributed by atoms with Gasteiger partial charge in [-0.2, -0.15) is 0 Å². The summed E-state index contributed by atoms with van der Waals surface area (Å²) in [5.41, 5.74) is 2.58. The largest absolute Gasteiger partial charge is 0.772 e. The van der Waals surface area contributed by atoms with Crippen LogP contribution in [0.4, 0.5) is 0 Å². The van der Waals surface area contributed by atoms with Gasteiger partial charge in [0.1, 0.15) is 0 Å². The number of hydrazine groups is 1. The molecule has 0 aliphatic rings. The fraction of sp³-hybridized carbons (Fsp3) is 1.00. The average Bonchev–Trinajstić information content (AvgIpc) is 1.27. The van der Waals surface area contributed by atoms with E-state index >= 15 is 0 Å². The van der Waals surface area contributed by atoms with Crippen molar-refractivity contribution in [2.45, 2.75) is 19.9 Å². The van der Waals surface area contributed by atoms with E-state index in [2.05, 4.69) is 5.43 Å². The van der Waals surface area contributed by atoms with Crippen molar-refractivity contribution < 1.29 is 0 Å². The standard InChI is InChI=1S/C4H11N2O/c1-4(2)5-6(3)7/h4-5H,1-3H3/q-1. The van der Waals surface area contributed by atoms with Crippen molar-refractivity contribution >= 4 is 0 Å². The van der Waals surface area contributed by atoms with Gasteiger partial charge in [0.05, 0.1) is 0 Å². The summed E-state index contributed by atoms with van der Waals surface area (Å²) in [4.78, 5) is 0. The summed E-state index contributed by atoms with van der Waals surface area (Å²) in [6.45, 7) is 3.82. The van der Waals surface area contributed by atoms with E-state index in [9.17, 15) is 5.21 Å². The van der Waals surface area contributed by atoms with Crippen LogP contribution in [0, 0.1) is 5.21 Å². The smallest absolute Gasteiger partial charge is 0.0148 e. The van der Waals surface area contributed by atoms with Crippen LogP contribution in [0.2, 0.25) is 0 Å². The Labute approximate surface area is 43.9 Å². The summed E-state index contributed by atoms with van der Waals surface area (Å²) in [5.74, 6) is 0. The Morgan fingerprint density at radius 3 is 2.00 bits per heavy atom. The summed E-state index contributed by atoms with van der Waals surface area (Å²) in [6.07, 6.45) is 0. The lowest BCUT2D eigenvalue weighted by Crippen LogP contribution is -2.34. The van der Waals surface area contributed by atoms with Gasteiger partial charge in [-0.15, -0.1) is 0 Å². The second-order valence-electron chi connectivity index (χ2n) is 1.78. The minimum Gasteiger partial charge on any atom is -0.772 e. The molecule has 0 saturated carbocycles. The quantitative estimate of drug-likeness (QED) is 0.512. The molecule has 0 atom stereocenters. The Kier molecular flexibility index (Phi) is 2.91. The van der Waals surface area contributed by atoms with Gasteiger partial charge >= 0.3 is 0 Å². The molecule has 0 radical (unpaired) electrons. The van der Waals surface area contributed by atoms with E-state index < -0.39 is 0 Å². The monoisotopic (exact) mass is 103 g/mol. The number of rotatable bonds is 2. The van der Waals surface area contributed by atoms with Gasteiger partial charge < -0.3 is 10.4 Å². The summed E-state index contributed by atoms with van der Waals surface area (Å²) < 4.78 is 0. The molecule has 0 fully saturated rings. The third-order valence-corrected chi connectivity index (χ3v) is 0.440. The van der Waals surface area contributed by atoms with Gasteiger partial charge in [-0.25, -0.2) is 0 Å². The molecule has 0 aromatic heterocycles. The Bertz CT molecular complexity index is 39.0. The molecule has 0 aromatic rings. The molecule has 0 amide bonds. The molecular weight excluding hydrogens is 92.1 g/mol. The van der Waals surface area contributed by atoms with Crippen molar-refractivity contribution in [2.75, 3.05) is 7.05 Å². The van der Waals surface area contributed by atoms with Crippen LogP contribution >= 0.6 is 0 Å². The third kappa shape index (κ3) is 5.88. The van der Waals surface area contributed by atoms with Crippen molar-refractivity contribution in [1.29, 1.82) is 0 Å². The number of hydrogen-bond acceptors (Lipinski definition) is 3.